The van der Waals surface area contributed by atoms with Gasteiger partial charge in [-0.25, -0.2) is 8.42 Å². The second-order valence-corrected chi connectivity index (χ2v) is 10.5. The Balaban J connectivity index is 1.79. The fourth-order valence-corrected chi connectivity index (χ4v) is 5.21. The molecule has 11 heteroatoms. The van der Waals surface area contributed by atoms with Crippen LogP contribution in [0.15, 0.2) is 54.6 Å². The summed E-state index contributed by atoms with van der Waals surface area (Å²) in [6.07, 6.45) is 4.14. The molecule has 0 spiro atoms. The van der Waals surface area contributed by atoms with Crippen molar-refractivity contribution >= 4 is 39.4 Å². The number of ether oxygens (including phenoxy) is 2. The first-order valence-electron chi connectivity index (χ1n) is 11.9. The van der Waals surface area contributed by atoms with Crippen LogP contribution in [-0.4, -0.2) is 69.1 Å². The Labute approximate surface area is 217 Å². The zero-order valence-corrected chi connectivity index (χ0v) is 21.8. The Morgan fingerprint density at radius 3 is 2.57 bits per heavy atom. The molecule has 1 fully saturated rings. The highest BCUT2D eigenvalue weighted by Crippen LogP contribution is 2.25. The van der Waals surface area contributed by atoms with E-state index in [2.05, 4.69) is 0 Å². The van der Waals surface area contributed by atoms with E-state index < -0.39 is 21.7 Å². The predicted octanol–water partition coefficient (Wildman–Crippen LogP) is 2.83. The number of sulfonamides is 1. The number of nitrogen functional groups attached to an aromatic ring is 1. The molecule has 1 aliphatic rings. The van der Waals surface area contributed by atoms with Crippen LogP contribution in [0, 0.1) is 10.8 Å². The molecule has 0 amide bonds. The molecular weight excluding hydrogens is 494 g/mol. The highest BCUT2D eigenvalue weighted by molar-refractivity contribution is 7.93. The van der Waals surface area contributed by atoms with Gasteiger partial charge in [-0.1, -0.05) is 30.4 Å². The van der Waals surface area contributed by atoms with E-state index in [1.165, 1.54) is 0 Å². The number of hydrogen-bond donors (Lipinski definition) is 3. The first kappa shape index (κ1) is 27.7. The van der Waals surface area contributed by atoms with E-state index in [1.54, 1.807) is 68.5 Å². The molecule has 0 bridgehead atoms. The standard InChI is InChI=1S/C26H33N5O5S/c1-3-35-25(32)18-37(33,34)31(14-5-7-20-6-4-8-21(16-20)26(28)29)22-9-11-23(12-10-22)36-24-13-15-30(17-24)19(2)27/h4-12,16,24,27H,3,13-15,17-18H2,1-2H3,(H3,28,29). The van der Waals surface area contributed by atoms with Crippen LogP contribution in [-0.2, 0) is 19.6 Å². The van der Waals surface area contributed by atoms with Gasteiger partial charge in [0.1, 0.15) is 17.7 Å². The van der Waals surface area contributed by atoms with Crippen LogP contribution in [0.5, 0.6) is 5.75 Å². The largest absolute Gasteiger partial charge is 0.489 e. The lowest BCUT2D eigenvalue weighted by Gasteiger charge is -2.23. The normalized spacial score (nSPS) is 15.5. The predicted molar refractivity (Wildman–Crippen MR) is 145 cm³/mol. The quantitative estimate of drug-likeness (QED) is 0.231. The molecule has 2 aromatic rings. The van der Waals surface area contributed by atoms with E-state index >= 15 is 0 Å². The van der Waals surface area contributed by atoms with Crippen LogP contribution in [0.1, 0.15) is 31.4 Å². The molecule has 0 radical (unpaired) electrons. The molecule has 198 valence electrons. The van der Waals surface area contributed by atoms with Crippen molar-refractivity contribution in [1.29, 1.82) is 10.8 Å². The molecule has 0 aliphatic carbocycles. The zero-order valence-electron chi connectivity index (χ0n) is 21.0. The van der Waals surface area contributed by atoms with Crippen LogP contribution in [0.25, 0.3) is 6.08 Å². The summed E-state index contributed by atoms with van der Waals surface area (Å²) in [5.41, 5.74) is 7.25. The van der Waals surface area contributed by atoms with Crippen LogP contribution in [0.3, 0.4) is 0 Å². The number of carbonyl (C=O) groups excluding carboxylic acids is 1. The zero-order chi connectivity index (χ0) is 27.0. The molecule has 3 rings (SSSR count). The molecule has 1 heterocycles. The van der Waals surface area contributed by atoms with Gasteiger partial charge in [0.25, 0.3) is 0 Å². The fraction of sp³-hybridized carbons (Fsp3) is 0.346. The summed E-state index contributed by atoms with van der Waals surface area (Å²) in [4.78, 5) is 13.9. The van der Waals surface area contributed by atoms with E-state index in [0.717, 1.165) is 22.8 Å². The summed E-state index contributed by atoms with van der Waals surface area (Å²) in [5.74, 6) is -0.567. The molecule has 1 atom stereocenters. The number of likely N-dealkylation sites (tertiary alicyclic amines) is 1. The first-order chi connectivity index (χ1) is 17.6. The third-order valence-electron chi connectivity index (χ3n) is 5.77. The highest BCUT2D eigenvalue weighted by atomic mass is 32.2. The minimum absolute atomic E-state index is 0.0254. The molecule has 1 saturated heterocycles. The Morgan fingerprint density at radius 2 is 1.95 bits per heavy atom. The van der Waals surface area contributed by atoms with E-state index in [9.17, 15) is 13.2 Å². The number of anilines is 1. The Bertz CT molecular complexity index is 1260. The van der Waals surface area contributed by atoms with E-state index in [4.69, 9.17) is 26.0 Å². The van der Waals surface area contributed by atoms with Gasteiger partial charge >= 0.3 is 5.97 Å². The Kier molecular flexibility index (Phi) is 9.29. The van der Waals surface area contributed by atoms with Gasteiger partial charge in [0.15, 0.2) is 5.75 Å². The number of nitrogens with two attached hydrogens (primary N) is 1. The average molecular weight is 528 g/mol. The summed E-state index contributed by atoms with van der Waals surface area (Å²) in [6.45, 7) is 4.82. The molecule has 1 unspecified atom stereocenters. The number of hydrogen-bond acceptors (Lipinski definition) is 7. The lowest BCUT2D eigenvalue weighted by Crippen LogP contribution is -2.36. The van der Waals surface area contributed by atoms with Gasteiger partial charge in [0, 0.05) is 18.5 Å². The van der Waals surface area contributed by atoms with Crippen molar-refractivity contribution in [1.82, 2.24) is 4.90 Å². The van der Waals surface area contributed by atoms with Gasteiger partial charge < -0.3 is 20.1 Å². The lowest BCUT2D eigenvalue weighted by molar-refractivity contribution is -0.139. The Morgan fingerprint density at radius 1 is 1.22 bits per heavy atom. The summed E-state index contributed by atoms with van der Waals surface area (Å²) in [7, 11) is -4.04. The van der Waals surface area contributed by atoms with Gasteiger partial charge in [-0.2, -0.15) is 0 Å². The number of benzene rings is 2. The summed E-state index contributed by atoms with van der Waals surface area (Å²) >= 11 is 0. The number of esters is 1. The molecule has 2 aromatic carbocycles. The van der Waals surface area contributed by atoms with Crippen molar-refractivity contribution in [2.45, 2.75) is 26.4 Å². The summed E-state index contributed by atoms with van der Waals surface area (Å²) < 4.78 is 38.3. The third-order valence-corrected chi connectivity index (χ3v) is 7.40. The van der Waals surface area contributed by atoms with Crippen molar-refractivity contribution in [2.24, 2.45) is 5.73 Å². The molecule has 37 heavy (non-hydrogen) atoms. The SMILES string of the molecule is CCOC(=O)CS(=O)(=O)N(CC=Cc1cccc(C(=N)N)c1)c1ccc(OC2CCN(C(C)=N)C2)cc1. The minimum atomic E-state index is -4.04. The summed E-state index contributed by atoms with van der Waals surface area (Å²) in [6, 6.07) is 13.7. The fourth-order valence-electron chi connectivity index (χ4n) is 3.92. The maximum absolute atomic E-state index is 13.2. The van der Waals surface area contributed by atoms with E-state index in [-0.39, 0.29) is 25.1 Å². The topological polar surface area (TPSA) is 150 Å². The lowest BCUT2D eigenvalue weighted by atomic mass is 10.1. The van der Waals surface area contributed by atoms with Gasteiger partial charge in [-0.3, -0.25) is 19.9 Å². The molecular formula is C26H33N5O5S. The monoisotopic (exact) mass is 527 g/mol. The molecule has 1 aliphatic heterocycles. The number of carbonyl (C=O) groups is 1. The van der Waals surface area contributed by atoms with Crippen molar-refractivity contribution < 1.29 is 22.7 Å². The minimum Gasteiger partial charge on any atom is -0.489 e. The van der Waals surface area contributed by atoms with Gasteiger partial charge in [0.05, 0.1) is 31.2 Å². The van der Waals surface area contributed by atoms with Crippen molar-refractivity contribution in [3.8, 4) is 5.75 Å². The van der Waals surface area contributed by atoms with E-state index in [1.807, 2.05) is 11.0 Å². The van der Waals surface area contributed by atoms with Crippen molar-refractivity contribution in [3.05, 3.63) is 65.7 Å². The smallest absolute Gasteiger partial charge is 0.323 e. The maximum atomic E-state index is 13.2. The van der Waals surface area contributed by atoms with Crippen molar-refractivity contribution in [3.63, 3.8) is 0 Å². The number of nitrogens with one attached hydrogen (secondary N) is 2. The number of amidine groups is 2. The van der Waals surface area contributed by atoms with Gasteiger partial charge in [-0.15, -0.1) is 0 Å². The molecule has 0 saturated carbocycles. The molecule has 10 nitrogen and oxygen atoms in total. The Hall–Kier alpha value is -3.86. The third kappa shape index (κ3) is 7.81. The second-order valence-electron chi connectivity index (χ2n) is 8.59. The average Bonchev–Trinajstić information content (AvgIpc) is 3.31. The molecule has 4 N–H and O–H groups in total. The highest BCUT2D eigenvalue weighted by Gasteiger charge is 2.27. The second kappa shape index (κ2) is 12.4. The van der Waals surface area contributed by atoms with Crippen molar-refractivity contribution in [2.75, 3.05) is 36.3 Å². The number of nitrogens with zero attached hydrogens (tertiary/aromatic N) is 2. The maximum Gasteiger partial charge on any atom is 0.323 e. The van der Waals surface area contributed by atoms with E-state index in [0.29, 0.717) is 29.4 Å². The molecule has 0 aromatic heterocycles. The summed E-state index contributed by atoms with van der Waals surface area (Å²) in [5, 5.41) is 15.4. The van der Waals surface area contributed by atoms with Crippen LogP contribution in [0.4, 0.5) is 5.69 Å². The van der Waals surface area contributed by atoms with Crippen LogP contribution in [0.2, 0.25) is 0 Å². The number of rotatable bonds is 11. The van der Waals surface area contributed by atoms with Crippen LogP contribution < -0.4 is 14.8 Å². The van der Waals surface area contributed by atoms with Gasteiger partial charge in [-0.05, 0) is 49.7 Å². The first-order valence-corrected chi connectivity index (χ1v) is 13.5. The van der Waals surface area contributed by atoms with Gasteiger partial charge in [0.2, 0.25) is 10.0 Å². The van der Waals surface area contributed by atoms with Crippen LogP contribution >= 0.6 is 0 Å².